The minimum absolute atomic E-state index is 0.217. The van der Waals surface area contributed by atoms with E-state index in [1.165, 1.54) is 53.5 Å². The topological polar surface area (TPSA) is 37.3 Å². The van der Waals surface area contributed by atoms with Gasteiger partial charge in [0, 0.05) is 5.92 Å². The molecule has 2 aromatic carbocycles. The van der Waals surface area contributed by atoms with Gasteiger partial charge in [0.15, 0.2) is 0 Å². The third-order valence-corrected chi connectivity index (χ3v) is 8.37. The predicted octanol–water partition coefficient (Wildman–Crippen LogP) is 7.25. The second-order valence-electron chi connectivity index (χ2n) is 11.5. The quantitative estimate of drug-likeness (QED) is 0.574. The fraction of sp³-hybridized carbons (Fsp3) is 0.483. The van der Waals surface area contributed by atoms with Crippen LogP contribution >= 0.6 is 0 Å². The Hall–Kier alpha value is -2.35. The predicted molar refractivity (Wildman–Crippen MR) is 127 cm³/mol. The van der Waals surface area contributed by atoms with Gasteiger partial charge in [-0.15, -0.1) is 0 Å². The molecule has 0 bridgehead atoms. The Morgan fingerprint density at radius 3 is 2.35 bits per heavy atom. The fourth-order valence-electron chi connectivity index (χ4n) is 6.20. The van der Waals surface area contributed by atoms with E-state index in [2.05, 4.69) is 52.8 Å². The summed E-state index contributed by atoms with van der Waals surface area (Å²) in [5.74, 6) is 1.09. The minimum atomic E-state index is -0.858. The van der Waals surface area contributed by atoms with Crippen LogP contribution in [0.2, 0.25) is 0 Å². The second-order valence-corrected chi connectivity index (χ2v) is 11.5. The Morgan fingerprint density at radius 1 is 1.00 bits per heavy atom. The van der Waals surface area contributed by atoms with Crippen LogP contribution in [0.4, 0.5) is 0 Å². The first-order valence-corrected chi connectivity index (χ1v) is 11.8. The van der Waals surface area contributed by atoms with Crippen molar-refractivity contribution in [3.8, 4) is 0 Å². The molecule has 0 aliphatic heterocycles. The van der Waals surface area contributed by atoms with E-state index in [1.54, 1.807) is 6.07 Å². The number of aromatic carboxylic acids is 1. The van der Waals surface area contributed by atoms with Crippen molar-refractivity contribution < 1.29 is 9.90 Å². The van der Waals surface area contributed by atoms with Gasteiger partial charge in [0.05, 0.1) is 5.56 Å². The molecule has 3 atom stereocenters. The Bertz CT molecular complexity index is 1100. The summed E-state index contributed by atoms with van der Waals surface area (Å²) >= 11 is 0. The third kappa shape index (κ3) is 3.45. The molecule has 3 unspecified atom stereocenters. The lowest BCUT2D eigenvalue weighted by atomic mass is 9.62. The van der Waals surface area contributed by atoms with Crippen LogP contribution in [-0.2, 0) is 10.8 Å². The van der Waals surface area contributed by atoms with E-state index >= 15 is 0 Å². The van der Waals surface area contributed by atoms with Crippen molar-refractivity contribution in [3.63, 3.8) is 0 Å². The number of fused-ring (bicyclic) bond motifs is 2. The first-order valence-electron chi connectivity index (χ1n) is 11.8. The molecule has 0 heterocycles. The number of rotatable bonds is 3. The molecule has 2 fully saturated rings. The smallest absolute Gasteiger partial charge is 0.335 e. The van der Waals surface area contributed by atoms with Gasteiger partial charge < -0.3 is 5.11 Å². The van der Waals surface area contributed by atoms with Gasteiger partial charge in [-0.2, -0.15) is 0 Å². The molecule has 0 saturated heterocycles. The lowest BCUT2D eigenvalue weighted by molar-refractivity contribution is 0.0697. The molecule has 31 heavy (non-hydrogen) atoms. The monoisotopic (exact) mass is 414 g/mol. The van der Waals surface area contributed by atoms with Crippen LogP contribution in [0.3, 0.4) is 0 Å². The van der Waals surface area contributed by atoms with Gasteiger partial charge in [0.25, 0.3) is 0 Å². The van der Waals surface area contributed by atoms with Gasteiger partial charge in [-0.1, -0.05) is 63.6 Å². The van der Waals surface area contributed by atoms with E-state index in [1.807, 2.05) is 18.2 Å². The number of hydrogen-bond donors (Lipinski definition) is 1. The molecular weight excluding hydrogens is 380 g/mol. The molecule has 2 heteroatoms. The lowest BCUT2D eigenvalue weighted by Gasteiger charge is -2.42. The summed E-state index contributed by atoms with van der Waals surface area (Å²) in [4.78, 5) is 11.4. The molecule has 5 rings (SSSR count). The van der Waals surface area contributed by atoms with E-state index in [4.69, 9.17) is 0 Å². The number of carboxylic acids is 1. The summed E-state index contributed by atoms with van der Waals surface area (Å²) in [6.07, 6.45) is 7.30. The molecule has 0 radical (unpaired) electrons. The van der Waals surface area contributed by atoms with Gasteiger partial charge in [-0.25, -0.2) is 4.79 Å². The minimum Gasteiger partial charge on any atom is -0.478 e. The van der Waals surface area contributed by atoms with Crippen LogP contribution in [0.25, 0.3) is 6.08 Å². The molecule has 0 spiro atoms. The van der Waals surface area contributed by atoms with Crippen LogP contribution in [0, 0.1) is 18.8 Å². The van der Waals surface area contributed by atoms with Crippen molar-refractivity contribution in [2.24, 2.45) is 11.8 Å². The van der Waals surface area contributed by atoms with E-state index in [9.17, 15) is 9.90 Å². The number of hydrogen-bond acceptors (Lipinski definition) is 1. The number of carboxylic acid groups (broad SMARTS) is 1. The van der Waals surface area contributed by atoms with Gasteiger partial charge in [-0.05, 0) is 95.2 Å². The first kappa shape index (κ1) is 20.5. The molecule has 3 aliphatic rings. The highest BCUT2D eigenvalue weighted by Crippen LogP contribution is 2.62. The van der Waals surface area contributed by atoms with Crippen LogP contribution in [0.1, 0.15) is 97.5 Å². The largest absolute Gasteiger partial charge is 0.478 e. The van der Waals surface area contributed by atoms with Crippen molar-refractivity contribution in [3.05, 3.63) is 75.4 Å². The first-order chi connectivity index (χ1) is 14.6. The van der Waals surface area contributed by atoms with Crippen molar-refractivity contribution in [1.29, 1.82) is 0 Å². The second kappa shape index (κ2) is 6.82. The summed E-state index contributed by atoms with van der Waals surface area (Å²) in [5.41, 5.74) is 9.35. The average molecular weight is 415 g/mol. The van der Waals surface area contributed by atoms with Crippen LogP contribution < -0.4 is 0 Å². The van der Waals surface area contributed by atoms with Crippen LogP contribution in [0.15, 0.2) is 42.0 Å². The zero-order valence-corrected chi connectivity index (χ0v) is 19.5. The van der Waals surface area contributed by atoms with Crippen molar-refractivity contribution >= 4 is 12.0 Å². The Balaban J connectivity index is 1.59. The van der Waals surface area contributed by atoms with Crippen LogP contribution in [-0.4, -0.2) is 11.1 Å². The van der Waals surface area contributed by atoms with E-state index in [-0.39, 0.29) is 10.8 Å². The van der Waals surface area contributed by atoms with E-state index < -0.39 is 5.97 Å². The summed E-state index contributed by atoms with van der Waals surface area (Å²) in [6, 6.07) is 12.4. The zero-order chi connectivity index (χ0) is 22.1. The van der Waals surface area contributed by atoms with Gasteiger partial charge in [-0.3, -0.25) is 0 Å². The summed E-state index contributed by atoms with van der Waals surface area (Å²) < 4.78 is 0. The molecule has 162 valence electrons. The molecular formula is C29H34O2. The maximum Gasteiger partial charge on any atom is 0.335 e. The zero-order valence-electron chi connectivity index (χ0n) is 19.5. The molecule has 0 aromatic heterocycles. The van der Waals surface area contributed by atoms with Gasteiger partial charge in [0.1, 0.15) is 0 Å². The fourth-order valence-corrected chi connectivity index (χ4v) is 6.20. The van der Waals surface area contributed by atoms with E-state index in [0.29, 0.717) is 17.4 Å². The SMILES string of the molecule is Cc1cc2c(cc1C1CC3CC3C1=Cc1cccc(C(=O)O)c1)C(C)(C)CCC2(C)C. The maximum absolute atomic E-state index is 11.4. The maximum atomic E-state index is 11.4. The van der Waals surface area contributed by atoms with Gasteiger partial charge >= 0.3 is 5.97 Å². The summed E-state index contributed by atoms with van der Waals surface area (Å²) in [5, 5.41) is 9.38. The highest BCUT2D eigenvalue weighted by atomic mass is 16.4. The number of aryl methyl sites for hydroxylation is 1. The molecule has 3 aliphatic carbocycles. The van der Waals surface area contributed by atoms with Crippen molar-refractivity contribution in [2.75, 3.05) is 0 Å². The van der Waals surface area contributed by atoms with E-state index in [0.717, 1.165) is 11.5 Å². The molecule has 1 N–H and O–H groups in total. The Kier molecular flexibility index (Phi) is 4.52. The lowest BCUT2D eigenvalue weighted by Crippen LogP contribution is -2.34. The Labute approximate surface area is 186 Å². The molecule has 2 aromatic rings. The highest BCUT2D eigenvalue weighted by Gasteiger charge is 2.50. The van der Waals surface area contributed by atoms with Crippen LogP contribution in [0.5, 0.6) is 0 Å². The standard InChI is InChI=1S/C29H34O2/c1-17-11-25-26(29(4,5)10-9-28(25,2)3)16-21(17)24-15-20-14-22(20)23(24)13-18-7-6-8-19(12-18)27(30)31/h6-8,11-13,16,20,22,24H,9-10,14-15H2,1-5H3,(H,30,31). The molecule has 2 saturated carbocycles. The molecule has 2 nitrogen and oxygen atoms in total. The number of allylic oxidation sites excluding steroid dienone is 1. The summed E-state index contributed by atoms with van der Waals surface area (Å²) in [6.45, 7) is 11.9. The number of benzene rings is 2. The van der Waals surface area contributed by atoms with Crippen molar-refractivity contribution in [2.45, 2.75) is 77.0 Å². The average Bonchev–Trinajstić information content (AvgIpc) is 3.40. The third-order valence-electron chi connectivity index (χ3n) is 8.37. The Morgan fingerprint density at radius 2 is 1.68 bits per heavy atom. The van der Waals surface area contributed by atoms with Crippen molar-refractivity contribution in [1.82, 2.24) is 0 Å². The van der Waals surface area contributed by atoms with Gasteiger partial charge in [0.2, 0.25) is 0 Å². The normalized spacial score (nSPS) is 28.8. The highest BCUT2D eigenvalue weighted by molar-refractivity contribution is 5.88. The number of carbonyl (C=O) groups is 1. The molecule has 0 amide bonds. The summed E-state index contributed by atoms with van der Waals surface area (Å²) in [7, 11) is 0.